The van der Waals surface area contributed by atoms with E-state index in [1.54, 1.807) is 18.4 Å². The molecule has 0 aliphatic carbocycles. The van der Waals surface area contributed by atoms with Crippen molar-refractivity contribution in [3.05, 3.63) is 72.3 Å². The van der Waals surface area contributed by atoms with E-state index in [0.717, 1.165) is 60.8 Å². The Bertz CT molecular complexity index is 1290. The van der Waals surface area contributed by atoms with Crippen LogP contribution in [0.4, 0.5) is 5.69 Å². The molecule has 4 aromatic rings. The zero-order chi connectivity index (χ0) is 24.6. The summed E-state index contributed by atoms with van der Waals surface area (Å²) in [5.41, 5.74) is 2.66. The number of benzene rings is 3. The third-order valence-electron chi connectivity index (χ3n) is 5.45. The molecule has 7 heteroatoms. The molecule has 0 fully saturated rings. The number of nitrogens with one attached hydrogen (secondary N) is 1. The molecule has 4 rings (SSSR count). The molecular formula is C28H28BrNO4S. The molecule has 0 aliphatic heterocycles. The van der Waals surface area contributed by atoms with E-state index in [0.29, 0.717) is 13.0 Å². The summed E-state index contributed by atoms with van der Waals surface area (Å²) in [5.74, 6) is 2.36. The molecule has 1 amide bonds. The maximum atomic E-state index is 12.3. The van der Waals surface area contributed by atoms with Crippen LogP contribution < -0.4 is 19.5 Å². The van der Waals surface area contributed by atoms with Crippen LogP contribution in [-0.2, 0) is 11.4 Å². The van der Waals surface area contributed by atoms with Crippen LogP contribution in [0, 0.1) is 0 Å². The van der Waals surface area contributed by atoms with Crippen molar-refractivity contribution in [1.82, 2.24) is 0 Å². The molecule has 0 bridgehead atoms. The topological polar surface area (TPSA) is 56.8 Å². The van der Waals surface area contributed by atoms with E-state index in [1.165, 1.54) is 0 Å². The third-order valence-corrected chi connectivity index (χ3v) is 6.97. The van der Waals surface area contributed by atoms with Crippen molar-refractivity contribution in [3.8, 4) is 27.7 Å². The van der Waals surface area contributed by atoms with E-state index in [2.05, 4.69) is 33.4 Å². The first kappa shape index (κ1) is 25.1. The molecule has 1 heterocycles. The number of fused-ring (bicyclic) bond motifs is 1. The van der Waals surface area contributed by atoms with E-state index >= 15 is 0 Å². The highest BCUT2D eigenvalue weighted by atomic mass is 79.9. The molecule has 0 atom stereocenters. The number of halogens is 1. The third kappa shape index (κ3) is 6.16. The first-order valence-corrected chi connectivity index (χ1v) is 13.5. The minimum atomic E-state index is -0.0113. The summed E-state index contributed by atoms with van der Waals surface area (Å²) in [7, 11) is 1.66. The number of alkyl halides is 1. The van der Waals surface area contributed by atoms with Crippen molar-refractivity contribution in [2.45, 2.75) is 26.4 Å². The maximum absolute atomic E-state index is 12.3. The van der Waals surface area contributed by atoms with Crippen LogP contribution in [0.5, 0.6) is 17.2 Å². The predicted octanol–water partition coefficient (Wildman–Crippen LogP) is 7.67. The number of ether oxygens (including phenoxy) is 3. The van der Waals surface area contributed by atoms with Crippen molar-refractivity contribution >= 4 is 48.9 Å². The number of thiophene rings is 1. The Morgan fingerprint density at radius 2 is 1.77 bits per heavy atom. The van der Waals surface area contributed by atoms with Crippen molar-refractivity contribution in [3.63, 3.8) is 0 Å². The number of amides is 1. The number of anilines is 1. The number of rotatable bonds is 11. The van der Waals surface area contributed by atoms with Crippen LogP contribution in [0.1, 0.15) is 25.3 Å². The standard InChI is InChI=1S/C28H28BrNO4S/c1-3-6-26(31)30-24-14-13-22(33-16-15-29)17-20(24)18-34-27-23-7-4-5-8-25(23)35-28(27)19-9-11-21(32-2)12-10-19/h4-5,7-14,17H,3,6,15-16,18H2,1-2H3,(H,30,31). The Hall–Kier alpha value is -3.03. The van der Waals surface area contributed by atoms with Gasteiger partial charge in [-0.1, -0.05) is 35.0 Å². The normalized spacial score (nSPS) is 10.8. The summed E-state index contributed by atoms with van der Waals surface area (Å²) >= 11 is 5.09. The van der Waals surface area contributed by atoms with Gasteiger partial charge >= 0.3 is 0 Å². The molecule has 3 aromatic carbocycles. The smallest absolute Gasteiger partial charge is 0.224 e. The van der Waals surface area contributed by atoms with Gasteiger partial charge in [-0.15, -0.1) is 11.3 Å². The summed E-state index contributed by atoms with van der Waals surface area (Å²) in [6.07, 6.45) is 1.26. The van der Waals surface area contributed by atoms with E-state index in [4.69, 9.17) is 14.2 Å². The van der Waals surface area contributed by atoms with Crippen molar-refractivity contribution in [2.24, 2.45) is 0 Å². The molecule has 5 nitrogen and oxygen atoms in total. The maximum Gasteiger partial charge on any atom is 0.224 e. The van der Waals surface area contributed by atoms with Gasteiger partial charge in [0.25, 0.3) is 0 Å². The fourth-order valence-electron chi connectivity index (χ4n) is 3.74. The number of hydrogen-bond donors (Lipinski definition) is 1. The van der Waals surface area contributed by atoms with E-state index in [9.17, 15) is 4.79 Å². The average Bonchev–Trinajstić information content (AvgIpc) is 3.26. The average molecular weight is 555 g/mol. The molecule has 0 aliphatic rings. The van der Waals surface area contributed by atoms with Gasteiger partial charge in [0.05, 0.1) is 18.6 Å². The van der Waals surface area contributed by atoms with E-state index in [1.807, 2.05) is 61.5 Å². The molecule has 182 valence electrons. The summed E-state index contributed by atoms with van der Waals surface area (Å²) in [6, 6.07) is 21.9. The number of carbonyl (C=O) groups is 1. The lowest BCUT2D eigenvalue weighted by Gasteiger charge is -2.15. The highest BCUT2D eigenvalue weighted by molar-refractivity contribution is 9.09. The molecule has 1 aromatic heterocycles. The highest BCUT2D eigenvalue weighted by Crippen LogP contribution is 2.45. The fourth-order valence-corrected chi connectivity index (χ4v) is 5.06. The highest BCUT2D eigenvalue weighted by Gasteiger charge is 2.17. The van der Waals surface area contributed by atoms with Crippen molar-refractivity contribution in [1.29, 1.82) is 0 Å². The first-order chi connectivity index (χ1) is 17.1. The lowest BCUT2D eigenvalue weighted by atomic mass is 10.1. The lowest BCUT2D eigenvalue weighted by molar-refractivity contribution is -0.116. The first-order valence-electron chi connectivity index (χ1n) is 11.5. The fraction of sp³-hybridized carbons (Fsp3) is 0.250. The Balaban J connectivity index is 1.67. The second-order valence-electron chi connectivity index (χ2n) is 7.93. The summed E-state index contributed by atoms with van der Waals surface area (Å²) in [5, 5.41) is 4.82. The largest absolute Gasteiger partial charge is 0.497 e. The molecule has 0 saturated heterocycles. The second kappa shape index (κ2) is 12.1. The number of carbonyl (C=O) groups excluding carboxylic acids is 1. The summed E-state index contributed by atoms with van der Waals surface area (Å²) < 4.78 is 18.8. The Morgan fingerprint density at radius 3 is 2.51 bits per heavy atom. The molecule has 0 unspecified atom stereocenters. The van der Waals surface area contributed by atoms with Gasteiger partial charge in [0.15, 0.2) is 0 Å². The molecule has 0 radical (unpaired) electrons. The van der Waals surface area contributed by atoms with Crippen LogP contribution in [0.2, 0.25) is 0 Å². The molecule has 0 saturated carbocycles. The summed E-state index contributed by atoms with van der Waals surface area (Å²) in [4.78, 5) is 13.4. The van der Waals surface area contributed by atoms with Gasteiger partial charge in [0.2, 0.25) is 5.91 Å². The van der Waals surface area contributed by atoms with Gasteiger partial charge in [-0.2, -0.15) is 0 Å². The number of methoxy groups -OCH3 is 1. The zero-order valence-electron chi connectivity index (χ0n) is 19.8. The van der Waals surface area contributed by atoms with Gasteiger partial charge in [0, 0.05) is 33.1 Å². The minimum absolute atomic E-state index is 0.0113. The van der Waals surface area contributed by atoms with E-state index < -0.39 is 0 Å². The zero-order valence-corrected chi connectivity index (χ0v) is 22.2. The molecule has 0 spiro atoms. The quantitative estimate of drug-likeness (QED) is 0.193. The minimum Gasteiger partial charge on any atom is -0.497 e. The SMILES string of the molecule is CCCC(=O)Nc1ccc(OCCBr)cc1COc1c(-c2ccc(OC)cc2)sc2ccccc12. The van der Waals surface area contributed by atoms with Crippen LogP contribution in [0.15, 0.2) is 66.7 Å². The van der Waals surface area contributed by atoms with Gasteiger partial charge in [-0.05, 0) is 66.6 Å². The monoisotopic (exact) mass is 553 g/mol. The van der Waals surface area contributed by atoms with Gasteiger partial charge in [-0.3, -0.25) is 4.79 Å². The second-order valence-corrected chi connectivity index (χ2v) is 9.77. The van der Waals surface area contributed by atoms with E-state index in [-0.39, 0.29) is 12.5 Å². The van der Waals surface area contributed by atoms with Crippen molar-refractivity contribution < 1.29 is 19.0 Å². The molecular weight excluding hydrogens is 526 g/mol. The van der Waals surface area contributed by atoms with Crippen LogP contribution in [0.25, 0.3) is 20.5 Å². The molecule has 35 heavy (non-hydrogen) atoms. The predicted molar refractivity (Wildman–Crippen MR) is 147 cm³/mol. The van der Waals surface area contributed by atoms with Crippen LogP contribution >= 0.6 is 27.3 Å². The Morgan fingerprint density at radius 1 is 1.00 bits per heavy atom. The Labute approximate surface area is 218 Å². The summed E-state index contributed by atoms with van der Waals surface area (Å²) in [6.45, 7) is 2.83. The molecule has 1 N–H and O–H groups in total. The van der Waals surface area contributed by atoms with Crippen LogP contribution in [0.3, 0.4) is 0 Å². The van der Waals surface area contributed by atoms with Gasteiger partial charge in [-0.25, -0.2) is 0 Å². The van der Waals surface area contributed by atoms with Gasteiger partial charge in [0.1, 0.15) is 23.9 Å². The van der Waals surface area contributed by atoms with Gasteiger partial charge < -0.3 is 19.5 Å². The van der Waals surface area contributed by atoms with Crippen molar-refractivity contribution in [2.75, 3.05) is 24.4 Å². The van der Waals surface area contributed by atoms with Crippen LogP contribution in [-0.4, -0.2) is 25.0 Å². The Kier molecular flexibility index (Phi) is 8.66. The lowest BCUT2D eigenvalue weighted by Crippen LogP contribution is -2.13. The number of hydrogen-bond acceptors (Lipinski definition) is 5.